The molecule has 0 saturated carbocycles. The summed E-state index contributed by atoms with van der Waals surface area (Å²) in [7, 11) is 0. The minimum absolute atomic E-state index is 0.143. The lowest BCUT2D eigenvalue weighted by atomic mass is 10.1. The molecule has 0 aliphatic rings. The van der Waals surface area contributed by atoms with Crippen molar-refractivity contribution in [2.45, 2.75) is 20.0 Å². The number of rotatable bonds is 2. The Labute approximate surface area is 87.8 Å². The Morgan fingerprint density at radius 1 is 1.50 bits per heavy atom. The number of hydrogen-bond donors (Lipinski definition) is 1. The highest BCUT2D eigenvalue weighted by Gasteiger charge is 2.15. The molecule has 1 N–H and O–H groups in total. The third-order valence-electron chi connectivity index (χ3n) is 1.99. The fourth-order valence-electron chi connectivity index (χ4n) is 1.23. The lowest BCUT2D eigenvalue weighted by molar-refractivity contribution is 0.223. The average Bonchev–Trinajstić information content (AvgIpc) is 2.13. The minimum Gasteiger partial charge on any atom is -0.384 e. The number of halogens is 2. The van der Waals surface area contributed by atoms with Crippen molar-refractivity contribution < 1.29 is 9.50 Å². The Kier molecular flexibility index (Phi) is 3.67. The Morgan fingerprint density at radius 2 is 2.14 bits per heavy atom. The highest BCUT2D eigenvalue weighted by atomic mass is 35.5. The van der Waals surface area contributed by atoms with Crippen molar-refractivity contribution in [2.75, 3.05) is 0 Å². The van der Waals surface area contributed by atoms with Gasteiger partial charge in [-0.25, -0.2) is 4.39 Å². The molecule has 0 aromatic heterocycles. The fourth-order valence-corrected chi connectivity index (χ4v) is 1.49. The van der Waals surface area contributed by atoms with Crippen molar-refractivity contribution in [1.82, 2.24) is 0 Å². The molecular formula is C11H12ClFO. The molecule has 76 valence electrons. The number of allylic oxidation sites excluding steroid dienone is 1. The van der Waals surface area contributed by atoms with Crippen LogP contribution in [-0.2, 0) is 0 Å². The van der Waals surface area contributed by atoms with Gasteiger partial charge in [0.1, 0.15) is 11.9 Å². The third kappa shape index (κ3) is 2.14. The van der Waals surface area contributed by atoms with Gasteiger partial charge in [-0.3, -0.25) is 0 Å². The van der Waals surface area contributed by atoms with E-state index in [-0.39, 0.29) is 10.6 Å². The number of aryl methyl sites for hydroxylation is 1. The number of aliphatic hydroxyl groups is 1. The van der Waals surface area contributed by atoms with Crippen LogP contribution in [0.5, 0.6) is 0 Å². The zero-order valence-electron chi connectivity index (χ0n) is 8.09. The van der Waals surface area contributed by atoms with Gasteiger partial charge in [0.15, 0.2) is 0 Å². The highest BCUT2D eigenvalue weighted by Crippen LogP contribution is 2.29. The van der Waals surface area contributed by atoms with E-state index >= 15 is 0 Å². The molecule has 0 saturated heterocycles. The summed E-state index contributed by atoms with van der Waals surface area (Å²) < 4.78 is 13.3. The lowest BCUT2D eigenvalue weighted by Crippen LogP contribution is -1.99. The van der Waals surface area contributed by atoms with Gasteiger partial charge in [-0.2, -0.15) is 0 Å². The van der Waals surface area contributed by atoms with Crippen LogP contribution in [0.3, 0.4) is 0 Å². The van der Waals surface area contributed by atoms with E-state index in [2.05, 4.69) is 0 Å². The van der Waals surface area contributed by atoms with Gasteiger partial charge in [-0.1, -0.05) is 29.8 Å². The average molecular weight is 215 g/mol. The van der Waals surface area contributed by atoms with Crippen LogP contribution in [0.4, 0.5) is 4.39 Å². The van der Waals surface area contributed by atoms with Gasteiger partial charge in [0.05, 0.1) is 5.02 Å². The molecule has 0 aliphatic heterocycles. The quantitative estimate of drug-likeness (QED) is 0.749. The molecule has 0 bridgehead atoms. The van der Waals surface area contributed by atoms with Crippen LogP contribution in [-0.4, -0.2) is 5.11 Å². The molecule has 0 radical (unpaired) electrons. The SMILES string of the molecule is C/C=C/C(O)c1c(F)ccc(C)c1Cl. The maximum absolute atomic E-state index is 13.3. The molecule has 1 nitrogen and oxygen atoms in total. The number of hydrogen-bond acceptors (Lipinski definition) is 1. The molecule has 1 rings (SSSR count). The van der Waals surface area contributed by atoms with Crippen LogP contribution in [0.25, 0.3) is 0 Å². The van der Waals surface area contributed by atoms with Crippen LogP contribution in [0.2, 0.25) is 5.02 Å². The molecule has 0 fully saturated rings. The van der Waals surface area contributed by atoms with Gasteiger partial charge in [0, 0.05) is 5.56 Å². The number of aliphatic hydroxyl groups excluding tert-OH is 1. The molecule has 0 heterocycles. The zero-order valence-corrected chi connectivity index (χ0v) is 8.85. The van der Waals surface area contributed by atoms with Gasteiger partial charge >= 0.3 is 0 Å². The van der Waals surface area contributed by atoms with Crippen molar-refractivity contribution in [2.24, 2.45) is 0 Å². The monoisotopic (exact) mass is 214 g/mol. The summed E-state index contributed by atoms with van der Waals surface area (Å²) in [5, 5.41) is 9.88. The second-order valence-corrected chi connectivity index (χ2v) is 3.44. The van der Waals surface area contributed by atoms with Crippen LogP contribution in [0.15, 0.2) is 24.3 Å². The van der Waals surface area contributed by atoms with E-state index in [9.17, 15) is 9.50 Å². The maximum Gasteiger partial charge on any atom is 0.130 e. The first-order chi connectivity index (χ1) is 6.57. The van der Waals surface area contributed by atoms with E-state index in [4.69, 9.17) is 11.6 Å². The molecule has 14 heavy (non-hydrogen) atoms. The van der Waals surface area contributed by atoms with Crippen molar-refractivity contribution in [1.29, 1.82) is 0 Å². The first-order valence-electron chi connectivity index (χ1n) is 4.33. The van der Waals surface area contributed by atoms with Crippen LogP contribution in [0.1, 0.15) is 24.2 Å². The standard InChI is InChI=1S/C11H12ClFO/c1-3-4-9(14)10-8(13)6-5-7(2)11(10)12/h3-6,9,14H,1-2H3/b4-3+. The summed E-state index contributed by atoms with van der Waals surface area (Å²) in [6.07, 6.45) is 2.17. The van der Waals surface area contributed by atoms with E-state index in [1.807, 2.05) is 0 Å². The second-order valence-electron chi connectivity index (χ2n) is 3.06. The van der Waals surface area contributed by atoms with E-state index in [1.165, 1.54) is 12.1 Å². The summed E-state index contributed by atoms with van der Waals surface area (Å²) in [5.74, 6) is -0.480. The summed E-state index contributed by atoms with van der Waals surface area (Å²) in [4.78, 5) is 0. The fraction of sp³-hybridized carbons (Fsp3) is 0.273. The Bertz CT molecular complexity index is 361. The Hall–Kier alpha value is -0.860. The molecule has 1 aromatic carbocycles. The molecule has 0 spiro atoms. The molecule has 0 amide bonds. The molecule has 0 aliphatic carbocycles. The lowest BCUT2D eigenvalue weighted by Gasteiger charge is -2.11. The van der Waals surface area contributed by atoms with E-state index in [0.717, 1.165) is 5.56 Å². The van der Waals surface area contributed by atoms with Crippen molar-refractivity contribution >= 4 is 11.6 Å². The largest absolute Gasteiger partial charge is 0.384 e. The first kappa shape index (κ1) is 11.2. The normalized spacial score (nSPS) is 13.5. The van der Waals surface area contributed by atoms with Crippen molar-refractivity contribution in [3.05, 3.63) is 46.3 Å². The highest BCUT2D eigenvalue weighted by molar-refractivity contribution is 6.32. The molecule has 1 unspecified atom stereocenters. The van der Waals surface area contributed by atoms with Crippen molar-refractivity contribution in [3.63, 3.8) is 0 Å². The van der Waals surface area contributed by atoms with Gasteiger partial charge in [-0.05, 0) is 25.5 Å². The second kappa shape index (κ2) is 4.58. The Balaban J connectivity index is 3.24. The molecule has 1 aromatic rings. The summed E-state index contributed by atoms with van der Waals surface area (Å²) in [6, 6.07) is 2.90. The molecular weight excluding hydrogens is 203 g/mol. The minimum atomic E-state index is -0.979. The van der Waals surface area contributed by atoms with Crippen molar-refractivity contribution in [3.8, 4) is 0 Å². The van der Waals surface area contributed by atoms with Gasteiger partial charge in [0.25, 0.3) is 0 Å². The predicted molar refractivity (Wildman–Crippen MR) is 55.9 cm³/mol. The smallest absolute Gasteiger partial charge is 0.130 e. The van der Waals surface area contributed by atoms with Crippen LogP contribution >= 0.6 is 11.6 Å². The zero-order chi connectivity index (χ0) is 10.7. The molecule has 1 atom stereocenters. The topological polar surface area (TPSA) is 20.2 Å². The van der Waals surface area contributed by atoms with E-state index < -0.39 is 11.9 Å². The van der Waals surface area contributed by atoms with E-state index in [1.54, 1.807) is 26.0 Å². The Morgan fingerprint density at radius 3 is 2.71 bits per heavy atom. The van der Waals surface area contributed by atoms with Crippen LogP contribution < -0.4 is 0 Å². The molecule has 3 heteroatoms. The predicted octanol–water partition coefficient (Wildman–Crippen LogP) is 3.40. The van der Waals surface area contributed by atoms with Gasteiger partial charge in [0.2, 0.25) is 0 Å². The maximum atomic E-state index is 13.3. The number of benzene rings is 1. The van der Waals surface area contributed by atoms with E-state index in [0.29, 0.717) is 0 Å². The summed E-state index contributed by atoms with van der Waals surface area (Å²) in [6.45, 7) is 3.53. The first-order valence-corrected chi connectivity index (χ1v) is 4.71. The van der Waals surface area contributed by atoms with Gasteiger partial charge in [-0.15, -0.1) is 0 Å². The summed E-state index contributed by atoms with van der Waals surface area (Å²) in [5.41, 5.74) is 0.899. The summed E-state index contributed by atoms with van der Waals surface area (Å²) >= 11 is 5.90. The third-order valence-corrected chi connectivity index (χ3v) is 2.49. The van der Waals surface area contributed by atoms with Crippen LogP contribution in [0, 0.1) is 12.7 Å². The van der Waals surface area contributed by atoms with Gasteiger partial charge < -0.3 is 5.11 Å².